The normalized spacial score (nSPS) is 12.3. The zero-order valence-corrected chi connectivity index (χ0v) is 12.6. The first kappa shape index (κ1) is 15.4. The van der Waals surface area contributed by atoms with Gasteiger partial charge in [-0.3, -0.25) is 9.59 Å². The second-order valence-electron chi connectivity index (χ2n) is 5.11. The van der Waals surface area contributed by atoms with E-state index in [0.717, 1.165) is 15.6 Å². The third-order valence-corrected chi connectivity index (χ3v) is 4.49. The van der Waals surface area contributed by atoms with E-state index in [2.05, 4.69) is 5.32 Å². The van der Waals surface area contributed by atoms with Crippen LogP contribution < -0.4 is 5.32 Å². The highest BCUT2D eigenvalue weighted by Gasteiger charge is 2.17. The number of amides is 1. The Bertz CT molecular complexity index is 696. The summed E-state index contributed by atoms with van der Waals surface area (Å²) in [5.74, 6) is -1.60. The van der Waals surface area contributed by atoms with E-state index in [4.69, 9.17) is 5.11 Å². The molecule has 21 heavy (non-hydrogen) atoms. The molecule has 0 bridgehead atoms. The van der Waals surface area contributed by atoms with Crippen LogP contribution in [-0.2, 0) is 4.79 Å². The van der Waals surface area contributed by atoms with Crippen LogP contribution in [0.1, 0.15) is 28.6 Å². The summed E-state index contributed by atoms with van der Waals surface area (Å²) >= 11 is 1.24. The molecule has 6 heteroatoms. The standard InChI is InChI=1S/C15H16FNO3S/c1-8(5-13(18)19)7-17-15(20)14-9(2)11-4-3-10(16)6-12(11)21-14/h3-4,6,8H,5,7H2,1-2H3,(H,17,20)(H,18,19). The van der Waals surface area contributed by atoms with Gasteiger partial charge in [0.05, 0.1) is 4.88 Å². The van der Waals surface area contributed by atoms with E-state index >= 15 is 0 Å². The van der Waals surface area contributed by atoms with Crippen molar-refractivity contribution in [3.63, 3.8) is 0 Å². The molecule has 1 amide bonds. The van der Waals surface area contributed by atoms with Gasteiger partial charge in [-0.25, -0.2) is 4.39 Å². The molecule has 1 heterocycles. The Kier molecular flexibility index (Phi) is 4.57. The third kappa shape index (κ3) is 3.58. The Morgan fingerprint density at radius 3 is 2.81 bits per heavy atom. The summed E-state index contributed by atoms with van der Waals surface area (Å²) in [4.78, 5) is 23.3. The average molecular weight is 309 g/mol. The summed E-state index contributed by atoms with van der Waals surface area (Å²) in [6, 6.07) is 4.45. The van der Waals surface area contributed by atoms with Crippen LogP contribution in [0.2, 0.25) is 0 Å². The van der Waals surface area contributed by atoms with Crippen LogP contribution >= 0.6 is 11.3 Å². The van der Waals surface area contributed by atoms with Gasteiger partial charge in [0.25, 0.3) is 5.91 Å². The molecule has 1 aromatic heterocycles. The van der Waals surface area contributed by atoms with Crippen LogP contribution in [0.4, 0.5) is 4.39 Å². The number of carboxylic acid groups (broad SMARTS) is 1. The van der Waals surface area contributed by atoms with Gasteiger partial charge in [-0.05, 0) is 35.9 Å². The first-order valence-electron chi connectivity index (χ1n) is 6.57. The molecule has 1 aromatic carbocycles. The summed E-state index contributed by atoms with van der Waals surface area (Å²) < 4.78 is 13.9. The van der Waals surface area contributed by atoms with E-state index in [-0.39, 0.29) is 24.1 Å². The molecule has 4 nitrogen and oxygen atoms in total. The van der Waals surface area contributed by atoms with E-state index in [1.165, 1.54) is 23.5 Å². The summed E-state index contributed by atoms with van der Waals surface area (Å²) in [6.45, 7) is 3.89. The number of carbonyl (C=O) groups excluding carboxylic acids is 1. The quantitative estimate of drug-likeness (QED) is 0.891. The first-order chi connectivity index (χ1) is 9.88. The van der Waals surface area contributed by atoms with Gasteiger partial charge >= 0.3 is 5.97 Å². The van der Waals surface area contributed by atoms with Gasteiger partial charge in [-0.2, -0.15) is 0 Å². The van der Waals surface area contributed by atoms with Crippen LogP contribution in [0, 0.1) is 18.7 Å². The number of benzene rings is 1. The summed E-state index contributed by atoms with van der Waals surface area (Å²) in [7, 11) is 0. The molecular weight excluding hydrogens is 293 g/mol. The minimum Gasteiger partial charge on any atom is -0.481 e. The van der Waals surface area contributed by atoms with Crippen LogP contribution in [0.25, 0.3) is 10.1 Å². The van der Waals surface area contributed by atoms with Crippen molar-refractivity contribution in [2.75, 3.05) is 6.54 Å². The SMILES string of the molecule is Cc1c(C(=O)NCC(C)CC(=O)O)sc2cc(F)ccc12. The Morgan fingerprint density at radius 1 is 1.43 bits per heavy atom. The number of carbonyl (C=O) groups is 2. The lowest BCUT2D eigenvalue weighted by molar-refractivity contribution is -0.137. The molecule has 2 aromatic rings. The molecule has 0 aliphatic heterocycles. The molecule has 2 N–H and O–H groups in total. The molecule has 0 aliphatic rings. The van der Waals surface area contributed by atoms with Gasteiger partial charge in [-0.1, -0.05) is 13.0 Å². The van der Waals surface area contributed by atoms with E-state index in [1.54, 1.807) is 13.0 Å². The summed E-state index contributed by atoms with van der Waals surface area (Å²) in [5.41, 5.74) is 0.818. The number of hydrogen-bond donors (Lipinski definition) is 2. The predicted molar refractivity (Wildman–Crippen MR) is 80.3 cm³/mol. The number of aryl methyl sites for hydroxylation is 1. The van der Waals surface area contributed by atoms with Gasteiger partial charge in [-0.15, -0.1) is 11.3 Å². The van der Waals surface area contributed by atoms with Crippen LogP contribution in [0.15, 0.2) is 18.2 Å². The molecule has 0 saturated carbocycles. The maximum Gasteiger partial charge on any atom is 0.303 e. The number of rotatable bonds is 5. The van der Waals surface area contributed by atoms with Crippen molar-refractivity contribution >= 4 is 33.3 Å². The second-order valence-corrected chi connectivity index (χ2v) is 6.16. The van der Waals surface area contributed by atoms with Gasteiger partial charge in [0, 0.05) is 17.7 Å². The summed E-state index contributed by atoms with van der Waals surface area (Å²) in [5, 5.41) is 12.3. The highest BCUT2D eigenvalue weighted by Crippen LogP contribution is 2.31. The first-order valence-corrected chi connectivity index (χ1v) is 7.38. The molecule has 112 valence electrons. The van der Waals surface area contributed by atoms with Crippen molar-refractivity contribution < 1.29 is 19.1 Å². The largest absolute Gasteiger partial charge is 0.481 e. The smallest absolute Gasteiger partial charge is 0.303 e. The maximum absolute atomic E-state index is 13.2. The van der Waals surface area contributed by atoms with Gasteiger partial charge in [0.15, 0.2) is 0 Å². The van der Waals surface area contributed by atoms with Crippen molar-refractivity contribution in [2.24, 2.45) is 5.92 Å². The van der Waals surface area contributed by atoms with E-state index in [1.807, 2.05) is 6.92 Å². The zero-order valence-electron chi connectivity index (χ0n) is 11.8. The third-order valence-electron chi connectivity index (χ3n) is 3.24. The topological polar surface area (TPSA) is 66.4 Å². The van der Waals surface area contributed by atoms with Crippen molar-refractivity contribution in [2.45, 2.75) is 20.3 Å². The number of fused-ring (bicyclic) bond motifs is 1. The molecular formula is C15H16FNO3S. The molecule has 2 rings (SSSR count). The Hall–Kier alpha value is -1.95. The Morgan fingerprint density at radius 2 is 2.14 bits per heavy atom. The number of aliphatic carboxylic acids is 1. The Balaban J connectivity index is 2.12. The van der Waals surface area contributed by atoms with Crippen molar-refractivity contribution in [3.8, 4) is 0 Å². The molecule has 0 radical (unpaired) electrons. The van der Waals surface area contributed by atoms with Gasteiger partial charge < -0.3 is 10.4 Å². The van der Waals surface area contributed by atoms with Crippen LogP contribution in [0.3, 0.4) is 0 Å². The van der Waals surface area contributed by atoms with E-state index in [9.17, 15) is 14.0 Å². The highest BCUT2D eigenvalue weighted by molar-refractivity contribution is 7.21. The summed E-state index contributed by atoms with van der Waals surface area (Å²) in [6.07, 6.45) is 0.0108. The van der Waals surface area contributed by atoms with Crippen molar-refractivity contribution in [1.29, 1.82) is 0 Å². The van der Waals surface area contributed by atoms with E-state index < -0.39 is 5.97 Å². The van der Waals surface area contributed by atoms with Crippen molar-refractivity contribution in [1.82, 2.24) is 5.32 Å². The lowest BCUT2D eigenvalue weighted by Crippen LogP contribution is -2.29. The average Bonchev–Trinajstić information content (AvgIpc) is 2.72. The van der Waals surface area contributed by atoms with Crippen LogP contribution in [-0.4, -0.2) is 23.5 Å². The number of halogens is 1. The maximum atomic E-state index is 13.2. The second kappa shape index (κ2) is 6.22. The minimum atomic E-state index is -0.884. The minimum absolute atomic E-state index is 0.0108. The molecule has 0 fully saturated rings. The van der Waals surface area contributed by atoms with Gasteiger partial charge in [0.1, 0.15) is 5.82 Å². The zero-order chi connectivity index (χ0) is 15.6. The fourth-order valence-electron chi connectivity index (χ4n) is 2.13. The fourth-order valence-corrected chi connectivity index (χ4v) is 3.28. The highest BCUT2D eigenvalue weighted by atomic mass is 32.1. The Labute approximate surface area is 125 Å². The predicted octanol–water partition coefficient (Wildman–Crippen LogP) is 3.19. The molecule has 0 aliphatic carbocycles. The molecule has 0 saturated heterocycles. The molecule has 1 unspecified atom stereocenters. The molecule has 0 spiro atoms. The monoisotopic (exact) mass is 309 g/mol. The lowest BCUT2D eigenvalue weighted by Gasteiger charge is -2.09. The van der Waals surface area contributed by atoms with E-state index in [0.29, 0.717) is 11.4 Å². The van der Waals surface area contributed by atoms with Gasteiger partial charge in [0.2, 0.25) is 0 Å². The number of nitrogens with one attached hydrogen (secondary N) is 1. The number of carboxylic acids is 1. The fraction of sp³-hybridized carbons (Fsp3) is 0.333. The lowest BCUT2D eigenvalue weighted by atomic mass is 10.1. The van der Waals surface area contributed by atoms with Crippen molar-refractivity contribution in [3.05, 3.63) is 34.5 Å². The number of hydrogen-bond acceptors (Lipinski definition) is 3. The van der Waals surface area contributed by atoms with Crippen LogP contribution in [0.5, 0.6) is 0 Å². The number of thiophene rings is 1. The molecule has 1 atom stereocenters.